The fourth-order valence-corrected chi connectivity index (χ4v) is 3.19. The molecule has 1 saturated heterocycles. The molecule has 120 valence electrons. The third kappa shape index (κ3) is 3.37. The molecule has 2 amide bonds. The molecule has 0 unspecified atom stereocenters. The number of nitrogens with one attached hydrogen (secondary N) is 1. The molecule has 0 aromatic heterocycles. The predicted molar refractivity (Wildman–Crippen MR) is 88.2 cm³/mol. The summed E-state index contributed by atoms with van der Waals surface area (Å²) < 4.78 is 28.4. The highest BCUT2D eigenvalue weighted by molar-refractivity contribution is 9.10. The average molecular weight is 381 g/mol. The SMILES string of the molecule is O=C(Nc1ccc(Br)cc1F)N1CCC[C@H]1c1ccccc1F. The number of hydrogen-bond donors (Lipinski definition) is 1. The average Bonchev–Trinajstić information content (AvgIpc) is 3.00. The molecule has 2 aromatic rings. The molecule has 2 aromatic carbocycles. The first-order valence-electron chi connectivity index (χ1n) is 7.33. The Bertz CT molecular complexity index is 738. The number of anilines is 1. The highest BCUT2D eigenvalue weighted by atomic mass is 79.9. The summed E-state index contributed by atoms with van der Waals surface area (Å²) in [5, 5.41) is 2.57. The van der Waals surface area contributed by atoms with E-state index in [0.29, 0.717) is 23.0 Å². The molecule has 23 heavy (non-hydrogen) atoms. The zero-order valence-corrected chi connectivity index (χ0v) is 13.8. The number of benzene rings is 2. The van der Waals surface area contributed by atoms with Crippen molar-refractivity contribution in [2.75, 3.05) is 11.9 Å². The summed E-state index contributed by atoms with van der Waals surface area (Å²) in [6.45, 7) is 0.517. The van der Waals surface area contributed by atoms with Crippen LogP contribution in [0.2, 0.25) is 0 Å². The smallest absolute Gasteiger partial charge is 0.317 e. The van der Waals surface area contributed by atoms with Crippen molar-refractivity contribution in [1.82, 2.24) is 4.90 Å². The Morgan fingerprint density at radius 2 is 1.96 bits per heavy atom. The summed E-state index contributed by atoms with van der Waals surface area (Å²) >= 11 is 3.17. The van der Waals surface area contributed by atoms with E-state index in [9.17, 15) is 13.6 Å². The molecule has 1 N–H and O–H groups in total. The van der Waals surface area contributed by atoms with Crippen molar-refractivity contribution in [2.45, 2.75) is 18.9 Å². The molecule has 0 saturated carbocycles. The van der Waals surface area contributed by atoms with E-state index in [1.807, 2.05) is 0 Å². The number of carbonyl (C=O) groups is 1. The van der Waals surface area contributed by atoms with Crippen molar-refractivity contribution in [3.63, 3.8) is 0 Å². The van der Waals surface area contributed by atoms with Crippen LogP contribution in [0.1, 0.15) is 24.4 Å². The lowest BCUT2D eigenvalue weighted by molar-refractivity contribution is 0.206. The third-order valence-electron chi connectivity index (χ3n) is 3.95. The van der Waals surface area contributed by atoms with Gasteiger partial charge in [0.25, 0.3) is 0 Å². The third-order valence-corrected chi connectivity index (χ3v) is 4.44. The molecule has 3 nitrogen and oxygen atoms in total. The van der Waals surface area contributed by atoms with E-state index in [1.54, 1.807) is 29.2 Å². The topological polar surface area (TPSA) is 32.3 Å². The summed E-state index contributed by atoms with van der Waals surface area (Å²) in [5.41, 5.74) is 0.605. The largest absolute Gasteiger partial charge is 0.322 e. The summed E-state index contributed by atoms with van der Waals surface area (Å²) in [4.78, 5) is 14.0. The number of amides is 2. The summed E-state index contributed by atoms with van der Waals surface area (Å²) in [5.74, 6) is -0.846. The van der Waals surface area contributed by atoms with Gasteiger partial charge in [0.05, 0.1) is 11.7 Å². The standard InChI is InChI=1S/C17H15BrF2N2O/c18-11-7-8-15(14(20)10-11)21-17(23)22-9-3-6-16(22)12-4-1-2-5-13(12)19/h1-2,4-5,7-8,10,16H,3,6,9H2,(H,21,23)/t16-/m0/s1. The van der Waals surface area contributed by atoms with Gasteiger partial charge in [-0.05, 0) is 37.1 Å². The second-order valence-corrected chi connectivity index (χ2v) is 6.34. The molecule has 0 bridgehead atoms. The molecule has 0 radical (unpaired) electrons. The molecule has 1 heterocycles. The van der Waals surface area contributed by atoms with E-state index in [0.717, 1.165) is 6.42 Å². The summed E-state index contributed by atoms with van der Waals surface area (Å²) in [6.07, 6.45) is 1.48. The van der Waals surface area contributed by atoms with Gasteiger partial charge in [-0.2, -0.15) is 0 Å². The van der Waals surface area contributed by atoms with Gasteiger partial charge in [-0.15, -0.1) is 0 Å². The normalized spacial score (nSPS) is 17.3. The van der Waals surface area contributed by atoms with Gasteiger partial charge in [0.15, 0.2) is 0 Å². The van der Waals surface area contributed by atoms with Crippen molar-refractivity contribution >= 4 is 27.6 Å². The van der Waals surface area contributed by atoms with Crippen LogP contribution in [0.3, 0.4) is 0 Å². The van der Waals surface area contributed by atoms with E-state index < -0.39 is 11.8 Å². The lowest BCUT2D eigenvalue weighted by atomic mass is 10.0. The van der Waals surface area contributed by atoms with Gasteiger partial charge in [0.2, 0.25) is 0 Å². The van der Waals surface area contributed by atoms with Crippen molar-refractivity contribution in [3.05, 3.63) is 64.1 Å². The van der Waals surface area contributed by atoms with Gasteiger partial charge >= 0.3 is 6.03 Å². The molecule has 1 aliphatic heterocycles. The van der Waals surface area contributed by atoms with Crippen LogP contribution in [-0.2, 0) is 0 Å². The van der Waals surface area contributed by atoms with Crippen LogP contribution in [0, 0.1) is 11.6 Å². The van der Waals surface area contributed by atoms with Crippen molar-refractivity contribution < 1.29 is 13.6 Å². The fraction of sp³-hybridized carbons (Fsp3) is 0.235. The maximum absolute atomic E-state index is 14.0. The van der Waals surface area contributed by atoms with E-state index in [2.05, 4.69) is 21.2 Å². The molecule has 0 aliphatic carbocycles. The van der Waals surface area contributed by atoms with Gasteiger partial charge < -0.3 is 10.2 Å². The second-order valence-electron chi connectivity index (χ2n) is 5.43. The van der Waals surface area contributed by atoms with E-state index >= 15 is 0 Å². The zero-order valence-electron chi connectivity index (χ0n) is 12.2. The fourth-order valence-electron chi connectivity index (χ4n) is 2.86. The Morgan fingerprint density at radius 1 is 1.17 bits per heavy atom. The van der Waals surface area contributed by atoms with Crippen molar-refractivity contribution in [1.29, 1.82) is 0 Å². The minimum Gasteiger partial charge on any atom is -0.317 e. The quantitative estimate of drug-likeness (QED) is 0.772. The zero-order chi connectivity index (χ0) is 16.4. The van der Waals surface area contributed by atoms with Gasteiger partial charge in [-0.3, -0.25) is 0 Å². The summed E-state index contributed by atoms with van der Waals surface area (Å²) in [6, 6.07) is 10.1. The Kier molecular flexibility index (Phi) is 4.61. The van der Waals surface area contributed by atoms with E-state index in [4.69, 9.17) is 0 Å². The van der Waals surface area contributed by atoms with E-state index in [-0.39, 0.29) is 17.5 Å². The number of likely N-dealkylation sites (tertiary alicyclic amines) is 1. The van der Waals surface area contributed by atoms with Crippen molar-refractivity contribution in [3.8, 4) is 0 Å². The number of rotatable bonds is 2. The number of halogens is 3. The molecule has 1 aliphatic rings. The van der Waals surface area contributed by atoms with E-state index in [1.165, 1.54) is 18.2 Å². The molecule has 3 rings (SSSR count). The number of nitrogens with zero attached hydrogens (tertiary/aromatic N) is 1. The summed E-state index contributed by atoms with van der Waals surface area (Å²) in [7, 11) is 0. The first-order chi connectivity index (χ1) is 11.1. The number of carbonyl (C=O) groups excluding carboxylic acids is 1. The predicted octanol–water partition coefficient (Wildman–Crippen LogP) is 5.10. The van der Waals surface area contributed by atoms with Crippen LogP contribution in [0.25, 0.3) is 0 Å². The lowest BCUT2D eigenvalue weighted by Gasteiger charge is -2.25. The van der Waals surface area contributed by atoms with Crippen LogP contribution in [-0.4, -0.2) is 17.5 Å². The number of urea groups is 1. The van der Waals surface area contributed by atoms with Crippen LogP contribution < -0.4 is 5.32 Å². The Labute approximate surface area is 141 Å². The molecule has 1 fully saturated rings. The minimum atomic E-state index is -0.519. The van der Waals surface area contributed by atoms with Crippen LogP contribution in [0.4, 0.5) is 19.3 Å². The van der Waals surface area contributed by atoms with Gasteiger partial charge in [-0.1, -0.05) is 34.1 Å². The van der Waals surface area contributed by atoms with Crippen LogP contribution >= 0.6 is 15.9 Å². The first-order valence-corrected chi connectivity index (χ1v) is 8.12. The minimum absolute atomic E-state index is 0.109. The molecule has 6 heteroatoms. The first kappa shape index (κ1) is 15.9. The highest BCUT2D eigenvalue weighted by Crippen LogP contribution is 2.34. The maximum atomic E-state index is 14.0. The van der Waals surface area contributed by atoms with Crippen molar-refractivity contribution in [2.24, 2.45) is 0 Å². The molecular formula is C17H15BrF2N2O. The number of hydrogen-bond acceptors (Lipinski definition) is 1. The highest BCUT2D eigenvalue weighted by Gasteiger charge is 2.31. The van der Waals surface area contributed by atoms with Crippen LogP contribution in [0.5, 0.6) is 0 Å². The van der Waals surface area contributed by atoms with Crippen LogP contribution in [0.15, 0.2) is 46.9 Å². The molecule has 1 atom stereocenters. The second kappa shape index (κ2) is 6.66. The monoisotopic (exact) mass is 380 g/mol. The molecular weight excluding hydrogens is 366 g/mol. The Balaban J connectivity index is 1.80. The van der Waals surface area contributed by atoms with Gasteiger partial charge in [-0.25, -0.2) is 13.6 Å². The Hall–Kier alpha value is -1.95. The Morgan fingerprint density at radius 3 is 2.70 bits per heavy atom. The van der Waals surface area contributed by atoms with Gasteiger partial charge in [0, 0.05) is 16.6 Å². The molecule has 0 spiro atoms. The lowest BCUT2D eigenvalue weighted by Crippen LogP contribution is -2.35. The maximum Gasteiger partial charge on any atom is 0.322 e. The van der Waals surface area contributed by atoms with Gasteiger partial charge in [0.1, 0.15) is 11.6 Å².